The van der Waals surface area contributed by atoms with Crippen LogP contribution >= 0.6 is 0 Å². The van der Waals surface area contributed by atoms with Gasteiger partial charge in [0, 0.05) is 19.1 Å². The first-order chi connectivity index (χ1) is 6.65. The van der Waals surface area contributed by atoms with E-state index in [1.807, 2.05) is 13.8 Å². The summed E-state index contributed by atoms with van der Waals surface area (Å²) in [4.78, 5) is 2.35. The van der Waals surface area contributed by atoms with Crippen LogP contribution in [0.25, 0.3) is 0 Å². The summed E-state index contributed by atoms with van der Waals surface area (Å²) in [6.07, 6.45) is 2.53. The molecule has 1 fully saturated rings. The molecule has 0 aromatic rings. The molecule has 1 rings (SSSR count). The van der Waals surface area contributed by atoms with Gasteiger partial charge in [-0.05, 0) is 19.4 Å². The minimum absolute atomic E-state index is 0.653. The second-order valence-corrected chi connectivity index (χ2v) is 3.88. The van der Waals surface area contributed by atoms with E-state index in [2.05, 4.69) is 32.7 Å². The van der Waals surface area contributed by atoms with Gasteiger partial charge in [-0.2, -0.15) is 0 Å². The van der Waals surface area contributed by atoms with E-state index >= 15 is 0 Å². The second kappa shape index (κ2) is 11.0. The molecule has 0 amide bonds. The first-order valence-corrected chi connectivity index (χ1v) is 6.05. The summed E-state index contributed by atoms with van der Waals surface area (Å²) in [5, 5.41) is 0. The van der Waals surface area contributed by atoms with Crippen LogP contribution in [0.2, 0.25) is 0 Å². The predicted molar refractivity (Wildman–Crippen MR) is 66.6 cm³/mol. The Bertz CT molecular complexity index is 104. The maximum Gasteiger partial charge on any atom is 0.0218 e. The molecule has 1 aliphatic rings. The van der Waals surface area contributed by atoms with Crippen molar-refractivity contribution < 1.29 is 0 Å². The van der Waals surface area contributed by atoms with E-state index in [0.29, 0.717) is 6.04 Å². The molecule has 2 heteroatoms. The monoisotopic (exact) mass is 202 g/mol. The van der Waals surface area contributed by atoms with Gasteiger partial charge in [-0.3, -0.25) is 0 Å². The van der Waals surface area contributed by atoms with Gasteiger partial charge in [0.25, 0.3) is 0 Å². The van der Waals surface area contributed by atoms with E-state index in [4.69, 9.17) is 5.73 Å². The van der Waals surface area contributed by atoms with Crippen molar-refractivity contribution in [3.63, 3.8) is 0 Å². The Morgan fingerprint density at radius 3 is 1.86 bits per heavy atom. The molecule has 2 unspecified atom stereocenters. The summed E-state index contributed by atoms with van der Waals surface area (Å²) in [5.41, 5.74) is 5.54. The zero-order chi connectivity index (χ0) is 11.6. The van der Waals surface area contributed by atoms with Crippen LogP contribution in [0.5, 0.6) is 0 Å². The number of nitrogens with zero attached hydrogens (tertiary/aromatic N) is 1. The molecule has 0 aromatic carbocycles. The smallest absolute Gasteiger partial charge is 0.0218 e. The fourth-order valence-corrected chi connectivity index (χ4v) is 1.64. The average molecular weight is 202 g/mol. The molecule has 2 atom stereocenters. The van der Waals surface area contributed by atoms with E-state index in [0.717, 1.165) is 12.5 Å². The Balaban J connectivity index is 0. The lowest BCUT2D eigenvalue weighted by Crippen LogP contribution is -2.31. The van der Waals surface area contributed by atoms with Gasteiger partial charge >= 0.3 is 0 Å². The number of hydrogen-bond acceptors (Lipinski definition) is 2. The summed E-state index contributed by atoms with van der Waals surface area (Å²) in [7, 11) is 2.15. The molecule has 0 radical (unpaired) electrons. The van der Waals surface area contributed by atoms with Crippen molar-refractivity contribution in [1.82, 2.24) is 4.90 Å². The lowest BCUT2D eigenvalue weighted by atomic mass is 10.1. The lowest BCUT2D eigenvalue weighted by molar-refractivity contribution is 0.314. The highest BCUT2D eigenvalue weighted by Crippen LogP contribution is 2.19. The Hall–Kier alpha value is -0.0800. The molecule has 1 heterocycles. The molecule has 2 N–H and O–H groups in total. The molecule has 1 saturated heterocycles. The summed E-state index contributed by atoms with van der Waals surface area (Å²) in [6, 6.07) is 0.653. The average Bonchev–Trinajstić information content (AvgIpc) is 2.49. The molecule has 0 aliphatic carbocycles. The zero-order valence-electron chi connectivity index (χ0n) is 11.0. The Labute approximate surface area is 90.9 Å². The molecular formula is C12H30N2. The topological polar surface area (TPSA) is 29.3 Å². The van der Waals surface area contributed by atoms with Crippen LogP contribution in [0.1, 0.15) is 47.5 Å². The summed E-state index contributed by atoms with van der Waals surface area (Å²) < 4.78 is 0. The van der Waals surface area contributed by atoms with E-state index in [-0.39, 0.29) is 0 Å². The summed E-state index contributed by atoms with van der Waals surface area (Å²) >= 11 is 0. The van der Waals surface area contributed by atoms with Gasteiger partial charge in [-0.15, -0.1) is 0 Å². The maximum atomic E-state index is 5.54. The third kappa shape index (κ3) is 7.34. The molecule has 0 saturated carbocycles. The molecule has 0 aromatic heterocycles. The Morgan fingerprint density at radius 2 is 1.71 bits per heavy atom. The van der Waals surface area contributed by atoms with Crippen molar-refractivity contribution in [2.45, 2.75) is 53.5 Å². The normalized spacial score (nSPS) is 25.9. The van der Waals surface area contributed by atoms with Crippen LogP contribution in [0.3, 0.4) is 0 Å². The quantitative estimate of drug-likeness (QED) is 0.708. The first kappa shape index (κ1) is 16.4. The van der Waals surface area contributed by atoms with Crippen LogP contribution in [0.15, 0.2) is 0 Å². The highest BCUT2D eigenvalue weighted by Gasteiger charge is 2.24. The highest BCUT2D eigenvalue weighted by atomic mass is 15.2. The van der Waals surface area contributed by atoms with E-state index < -0.39 is 0 Å². The summed E-state index contributed by atoms with van der Waals surface area (Å²) in [6.45, 7) is 12.6. The predicted octanol–water partition coefficient (Wildman–Crippen LogP) is 2.73. The van der Waals surface area contributed by atoms with Gasteiger partial charge < -0.3 is 10.6 Å². The fourth-order valence-electron chi connectivity index (χ4n) is 1.64. The SMILES string of the molecule is CC.CC1CC(CN)N(C)C1.CCC. The van der Waals surface area contributed by atoms with Gasteiger partial charge in [0.1, 0.15) is 0 Å². The van der Waals surface area contributed by atoms with Crippen molar-refractivity contribution in [3.8, 4) is 0 Å². The van der Waals surface area contributed by atoms with E-state index in [1.165, 1.54) is 19.4 Å². The van der Waals surface area contributed by atoms with Crippen LogP contribution in [-0.2, 0) is 0 Å². The maximum absolute atomic E-state index is 5.54. The number of likely N-dealkylation sites (tertiary alicyclic amines) is 1. The third-order valence-corrected chi connectivity index (χ3v) is 2.17. The van der Waals surface area contributed by atoms with Gasteiger partial charge in [-0.25, -0.2) is 0 Å². The minimum Gasteiger partial charge on any atom is -0.329 e. The van der Waals surface area contributed by atoms with Crippen LogP contribution in [-0.4, -0.2) is 31.1 Å². The van der Waals surface area contributed by atoms with Gasteiger partial charge in [0.05, 0.1) is 0 Å². The van der Waals surface area contributed by atoms with Gasteiger partial charge in [-0.1, -0.05) is 41.0 Å². The van der Waals surface area contributed by atoms with Crippen molar-refractivity contribution >= 4 is 0 Å². The molecule has 1 aliphatic heterocycles. The molecule has 88 valence electrons. The third-order valence-electron chi connectivity index (χ3n) is 2.17. The Kier molecular flexibility index (Phi) is 12.8. The largest absolute Gasteiger partial charge is 0.329 e. The number of nitrogens with two attached hydrogens (primary N) is 1. The van der Waals surface area contributed by atoms with Gasteiger partial charge in [0.15, 0.2) is 0 Å². The van der Waals surface area contributed by atoms with Crippen LogP contribution in [0.4, 0.5) is 0 Å². The number of likely N-dealkylation sites (N-methyl/N-ethyl adjacent to an activating group) is 1. The molecule has 14 heavy (non-hydrogen) atoms. The molecule has 0 spiro atoms. The van der Waals surface area contributed by atoms with Gasteiger partial charge in [0.2, 0.25) is 0 Å². The summed E-state index contributed by atoms with van der Waals surface area (Å²) in [5.74, 6) is 0.851. The number of rotatable bonds is 1. The standard InChI is InChI=1S/C7H16N2.C3H8.C2H6/c1-6-3-7(4-8)9(2)5-6;1-3-2;1-2/h6-7H,3-5,8H2,1-2H3;3H2,1-2H3;1-2H3. The lowest BCUT2D eigenvalue weighted by Gasteiger charge is -2.15. The van der Waals surface area contributed by atoms with Crippen molar-refractivity contribution in [1.29, 1.82) is 0 Å². The highest BCUT2D eigenvalue weighted by molar-refractivity contribution is 4.80. The van der Waals surface area contributed by atoms with Crippen molar-refractivity contribution in [2.75, 3.05) is 20.1 Å². The molecular weight excluding hydrogens is 172 g/mol. The fraction of sp³-hybridized carbons (Fsp3) is 1.00. The van der Waals surface area contributed by atoms with E-state index in [9.17, 15) is 0 Å². The van der Waals surface area contributed by atoms with Crippen LogP contribution < -0.4 is 5.73 Å². The number of hydrogen-bond donors (Lipinski definition) is 1. The minimum atomic E-state index is 0.653. The molecule has 2 nitrogen and oxygen atoms in total. The van der Waals surface area contributed by atoms with Crippen molar-refractivity contribution in [3.05, 3.63) is 0 Å². The zero-order valence-corrected chi connectivity index (χ0v) is 11.0. The van der Waals surface area contributed by atoms with E-state index in [1.54, 1.807) is 0 Å². The Morgan fingerprint density at radius 1 is 1.29 bits per heavy atom. The van der Waals surface area contributed by atoms with Crippen molar-refractivity contribution in [2.24, 2.45) is 11.7 Å². The van der Waals surface area contributed by atoms with Crippen LogP contribution in [0, 0.1) is 5.92 Å². The first-order valence-electron chi connectivity index (χ1n) is 6.05. The second-order valence-electron chi connectivity index (χ2n) is 3.88. The molecule has 0 bridgehead atoms.